The second-order valence-electron chi connectivity index (χ2n) is 4.86. The Hall–Kier alpha value is -0.860. The van der Waals surface area contributed by atoms with E-state index in [-0.39, 0.29) is 17.1 Å². The van der Waals surface area contributed by atoms with Crippen LogP contribution >= 0.6 is 0 Å². The minimum Gasteiger partial charge on any atom is -0.480 e. The summed E-state index contributed by atoms with van der Waals surface area (Å²) in [4.78, 5) is 22.7. The predicted octanol–water partition coefficient (Wildman–Crippen LogP) is 1.47. The van der Waals surface area contributed by atoms with Gasteiger partial charge in [-0.1, -0.05) is 13.8 Å². The van der Waals surface area contributed by atoms with E-state index in [0.717, 1.165) is 12.8 Å². The highest BCUT2D eigenvalue weighted by Crippen LogP contribution is 2.64. The molecule has 1 N–H and O–H groups in total. The third-order valence-corrected chi connectivity index (χ3v) is 4.01. The van der Waals surface area contributed by atoms with Gasteiger partial charge in [-0.25, -0.2) is 0 Å². The van der Waals surface area contributed by atoms with Crippen LogP contribution in [0, 0.1) is 16.7 Å². The molecule has 2 rings (SSSR count). The maximum atomic E-state index is 11.5. The van der Waals surface area contributed by atoms with E-state index in [9.17, 15) is 14.7 Å². The Balaban J connectivity index is 2.49. The lowest BCUT2D eigenvalue weighted by atomic mass is 9.52. The van der Waals surface area contributed by atoms with Gasteiger partial charge in [-0.15, -0.1) is 0 Å². The maximum Gasteiger partial charge on any atom is 0.318 e. The Kier molecular flexibility index (Phi) is 1.44. The summed E-state index contributed by atoms with van der Waals surface area (Å²) in [5.74, 6) is -0.865. The molecule has 2 aliphatic rings. The molecule has 0 aromatic carbocycles. The van der Waals surface area contributed by atoms with E-state index in [4.69, 9.17) is 0 Å². The number of carbonyl (C=O) groups is 2. The van der Waals surface area contributed by atoms with Crippen molar-refractivity contribution in [3.63, 3.8) is 0 Å². The molecule has 0 aromatic heterocycles. The van der Waals surface area contributed by atoms with E-state index in [2.05, 4.69) is 0 Å². The number of hydrogen-bond donors (Lipinski definition) is 1. The van der Waals surface area contributed by atoms with Crippen LogP contribution in [0.3, 0.4) is 0 Å². The number of aliphatic carboxylic acids is 1. The number of hydrogen-bond acceptors (Lipinski definition) is 2. The number of carboxylic acids is 1. The quantitative estimate of drug-likeness (QED) is 0.625. The van der Waals surface area contributed by atoms with E-state index in [1.807, 2.05) is 13.8 Å². The number of rotatable bonds is 1. The lowest BCUT2D eigenvalue weighted by molar-refractivity contribution is -0.175. The Morgan fingerprint density at radius 1 is 1.54 bits per heavy atom. The van der Waals surface area contributed by atoms with Crippen molar-refractivity contribution in [2.24, 2.45) is 16.7 Å². The van der Waals surface area contributed by atoms with Gasteiger partial charge in [-0.2, -0.15) is 0 Å². The molecule has 72 valence electrons. The van der Waals surface area contributed by atoms with Crippen LogP contribution in [0.4, 0.5) is 0 Å². The van der Waals surface area contributed by atoms with Crippen molar-refractivity contribution in [1.29, 1.82) is 0 Å². The van der Waals surface area contributed by atoms with Crippen LogP contribution in [0.1, 0.15) is 33.1 Å². The first-order valence-corrected chi connectivity index (χ1v) is 4.69. The second-order valence-corrected chi connectivity index (χ2v) is 4.86. The van der Waals surface area contributed by atoms with Gasteiger partial charge in [0.15, 0.2) is 5.78 Å². The van der Waals surface area contributed by atoms with Crippen molar-refractivity contribution in [3.05, 3.63) is 0 Å². The third-order valence-electron chi connectivity index (χ3n) is 4.01. The average molecular weight is 182 g/mol. The number of ketones is 1. The van der Waals surface area contributed by atoms with Crippen molar-refractivity contribution < 1.29 is 14.7 Å². The Bertz CT molecular complexity index is 283. The number of Topliss-reactive ketones (excluding diaryl/α,β-unsaturated/α-hetero) is 1. The van der Waals surface area contributed by atoms with Gasteiger partial charge in [0.05, 0.1) is 0 Å². The molecule has 13 heavy (non-hydrogen) atoms. The smallest absolute Gasteiger partial charge is 0.318 e. The van der Waals surface area contributed by atoms with Crippen molar-refractivity contribution in [1.82, 2.24) is 0 Å². The summed E-state index contributed by atoms with van der Waals surface area (Å²) in [6, 6.07) is 0. The minimum absolute atomic E-state index is 0.0625. The number of carbonyl (C=O) groups excluding carboxylic acids is 1. The molecule has 0 spiro atoms. The van der Waals surface area contributed by atoms with Crippen molar-refractivity contribution in [2.45, 2.75) is 33.1 Å². The molecule has 2 aliphatic carbocycles. The average Bonchev–Trinajstić information content (AvgIpc) is 2.16. The van der Waals surface area contributed by atoms with E-state index in [1.165, 1.54) is 0 Å². The number of fused-ring (bicyclic) bond motifs is 1. The lowest BCUT2D eigenvalue weighted by Crippen LogP contribution is -2.59. The van der Waals surface area contributed by atoms with Crippen molar-refractivity contribution in [2.75, 3.05) is 0 Å². The first kappa shape index (κ1) is 8.73. The van der Waals surface area contributed by atoms with E-state index in [1.54, 1.807) is 0 Å². The summed E-state index contributed by atoms with van der Waals surface area (Å²) in [6.07, 6.45) is 2.23. The zero-order valence-electron chi connectivity index (χ0n) is 7.96. The van der Waals surface area contributed by atoms with E-state index >= 15 is 0 Å². The van der Waals surface area contributed by atoms with Crippen molar-refractivity contribution in [3.8, 4) is 0 Å². The summed E-state index contributed by atoms with van der Waals surface area (Å²) in [7, 11) is 0. The SMILES string of the molecule is CC1(C)CCC2CC(=O)C21C(=O)O. The topological polar surface area (TPSA) is 54.4 Å². The van der Waals surface area contributed by atoms with Gasteiger partial charge in [0, 0.05) is 6.42 Å². The minimum atomic E-state index is -1.03. The van der Waals surface area contributed by atoms with Gasteiger partial charge in [-0.3, -0.25) is 9.59 Å². The summed E-state index contributed by atoms with van der Waals surface area (Å²) in [5.41, 5.74) is -1.38. The van der Waals surface area contributed by atoms with Gasteiger partial charge in [-0.05, 0) is 24.2 Å². The largest absolute Gasteiger partial charge is 0.480 e. The van der Waals surface area contributed by atoms with Crippen LogP contribution in [-0.4, -0.2) is 16.9 Å². The van der Waals surface area contributed by atoms with E-state index < -0.39 is 11.4 Å². The number of carboxylic acid groups (broad SMARTS) is 1. The molecule has 3 nitrogen and oxygen atoms in total. The zero-order chi connectivity index (χ0) is 9.85. The monoisotopic (exact) mass is 182 g/mol. The highest BCUT2D eigenvalue weighted by Gasteiger charge is 2.70. The fourth-order valence-electron chi connectivity index (χ4n) is 3.20. The van der Waals surface area contributed by atoms with Crippen LogP contribution in [0.5, 0.6) is 0 Å². The highest BCUT2D eigenvalue weighted by atomic mass is 16.4. The molecule has 0 amide bonds. The molecule has 2 atom stereocenters. The predicted molar refractivity (Wildman–Crippen MR) is 46.2 cm³/mol. The molecular formula is C10H14O3. The fourth-order valence-corrected chi connectivity index (χ4v) is 3.20. The van der Waals surface area contributed by atoms with Crippen molar-refractivity contribution >= 4 is 11.8 Å². The Morgan fingerprint density at radius 3 is 2.46 bits per heavy atom. The fraction of sp³-hybridized carbons (Fsp3) is 0.800. The Labute approximate surface area is 77.1 Å². The van der Waals surface area contributed by atoms with Crippen LogP contribution < -0.4 is 0 Å². The highest BCUT2D eigenvalue weighted by molar-refractivity contribution is 6.09. The standard InChI is InChI=1S/C10H14O3/c1-9(2)4-3-6-5-7(11)10(6,9)8(12)13/h6H,3-5H2,1-2H3,(H,12,13). The molecule has 2 fully saturated rings. The summed E-state index contributed by atoms with van der Waals surface area (Å²) in [5, 5.41) is 9.18. The van der Waals surface area contributed by atoms with Crippen LogP contribution in [-0.2, 0) is 9.59 Å². The molecule has 0 radical (unpaired) electrons. The molecule has 0 saturated heterocycles. The zero-order valence-corrected chi connectivity index (χ0v) is 7.96. The summed E-state index contributed by atoms with van der Waals surface area (Å²) >= 11 is 0. The Morgan fingerprint density at radius 2 is 2.15 bits per heavy atom. The second kappa shape index (κ2) is 2.14. The normalized spacial score (nSPS) is 41.1. The molecule has 3 heteroatoms. The molecule has 0 heterocycles. The molecule has 0 bridgehead atoms. The van der Waals surface area contributed by atoms with Crippen LogP contribution in [0.15, 0.2) is 0 Å². The maximum absolute atomic E-state index is 11.5. The van der Waals surface area contributed by atoms with Gasteiger partial charge in [0.2, 0.25) is 0 Å². The summed E-state index contributed by atoms with van der Waals surface area (Å²) in [6.45, 7) is 3.80. The third kappa shape index (κ3) is 0.713. The van der Waals surface area contributed by atoms with Gasteiger partial charge in [0.1, 0.15) is 5.41 Å². The molecular weight excluding hydrogens is 168 g/mol. The summed E-state index contributed by atoms with van der Waals surface area (Å²) < 4.78 is 0. The van der Waals surface area contributed by atoms with Crippen LogP contribution in [0.2, 0.25) is 0 Å². The molecule has 2 unspecified atom stereocenters. The van der Waals surface area contributed by atoms with Gasteiger partial charge in [0.25, 0.3) is 0 Å². The molecule has 0 aliphatic heterocycles. The van der Waals surface area contributed by atoms with E-state index in [0.29, 0.717) is 6.42 Å². The van der Waals surface area contributed by atoms with Gasteiger partial charge < -0.3 is 5.11 Å². The van der Waals surface area contributed by atoms with Gasteiger partial charge >= 0.3 is 5.97 Å². The first-order valence-electron chi connectivity index (χ1n) is 4.69. The lowest BCUT2D eigenvalue weighted by Gasteiger charge is -2.47. The molecule has 2 saturated carbocycles. The molecule has 0 aromatic rings. The van der Waals surface area contributed by atoms with Crippen LogP contribution in [0.25, 0.3) is 0 Å². The first-order chi connectivity index (χ1) is 5.93.